The number of ether oxygens (including phenoxy) is 2. The number of aliphatic hydroxyl groups excluding tert-OH is 6. The number of hydrogen-bond donors (Lipinski definition) is 9. The molecule has 1 saturated carbocycles. The molecular formula is C51H80O18P2. The minimum atomic E-state index is -5.40. The fourth-order valence-electron chi connectivity index (χ4n) is 6.46. The molecule has 0 aliphatic heterocycles. The Hall–Kier alpha value is -3.68. The molecule has 0 aromatic carbocycles. The third-order valence-corrected chi connectivity index (χ3v) is 11.7. The van der Waals surface area contributed by atoms with E-state index in [0.29, 0.717) is 38.5 Å². The lowest BCUT2D eigenvalue weighted by atomic mass is 9.85. The summed E-state index contributed by atoms with van der Waals surface area (Å²) >= 11 is 0. The van der Waals surface area contributed by atoms with Crippen molar-refractivity contribution >= 4 is 27.6 Å². The molecule has 402 valence electrons. The molecule has 1 fully saturated rings. The van der Waals surface area contributed by atoms with E-state index < -0.39 is 95.7 Å². The lowest BCUT2D eigenvalue weighted by Gasteiger charge is -2.43. The largest absolute Gasteiger partial charge is 0.472 e. The second kappa shape index (κ2) is 39.8. The van der Waals surface area contributed by atoms with Gasteiger partial charge in [-0.1, -0.05) is 148 Å². The van der Waals surface area contributed by atoms with Gasteiger partial charge < -0.3 is 54.8 Å². The molecule has 1 rings (SSSR count). The molecule has 20 heteroatoms. The van der Waals surface area contributed by atoms with Gasteiger partial charge in [0, 0.05) is 12.8 Å². The van der Waals surface area contributed by atoms with Gasteiger partial charge in [-0.15, -0.1) is 0 Å². The van der Waals surface area contributed by atoms with Gasteiger partial charge in [0.05, 0.1) is 18.8 Å². The molecule has 1 aliphatic carbocycles. The number of phosphoric ester groups is 2. The van der Waals surface area contributed by atoms with Crippen molar-refractivity contribution in [3.05, 3.63) is 122 Å². The van der Waals surface area contributed by atoms with E-state index in [2.05, 4.69) is 60.1 Å². The first kappa shape index (κ1) is 65.3. The Labute approximate surface area is 419 Å². The maximum absolute atomic E-state index is 13.0. The molecule has 0 radical (unpaired) electrons. The van der Waals surface area contributed by atoms with E-state index in [0.717, 1.165) is 51.4 Å². The average molecular weight is 1040 g/mol. The smallest absolute Gasteiger partial charge is 0.462 e. The van der Waals surface area contributed by atoms with Gasteiger partial charge in [-0.05, 0) is 77.0 Å². The Balaban J connectivity index is 2.71. The monoisotopic (exact) mass is 1040 g/mol. The van der Waals surface area contributed by atoms with Crippen LogP contribution in [0.1, 0.15) is 117 Å². The molecular weight excluding hydrogens is 962 g/mol. The standard InChI is InChI=1S/C51H80O18P2/c1-3-5-7-8-9-10-11-12-13-14-15-16-17-18-22-25-31-38-45(55)67-43(40-66-71(63,64)69-51-48(58)46(56)47(57)50(49(51)59)68-70(60,61)62)39-65-44(54)37-32-26-30-36-42(53)35-29-24-21-19-20-23-28-34-41(52)33-27-6-4-2/h5-7,9-10,12-13,15-16,20-21,23-24,27-30,34-36,41-43,46-53,56-59H,3-4,8,11,14,17-19,22,25-26,31-33,37-40H2,1-2H3,(H,63,64)(H2,60,61,62)/b7-5-,10-9-,13-12-,16-15-,23-20-,24-21-,27-6-,34-28+,35-29+,36-30-/t41-,42-,43-,46?,47?,48?,49?,50-,51+/m1/s1. The van der Waals surface area contributed by atoms with E-state index in [1.807, 2.05) is 37.3 Å². The molecule has 0 aromatic rings. The summed E-state index contributed by atoms with van der Waals surface area (Å²) in [5, 5.41) is 61.3. The second-order valence-corrected chi connectivity index (χ2v) is 19.1. The van der Waals surface area contributed by atoms with Crippen LogP contribution < -0.4 is 0 Å². The minimum Gasteiger partial charge on any atom is -0.462 e. The van der Waals surface area contributed by atoms with Crippen molar-refractivity contribution in [2.24, 2.45) is 0 Å². The number of esters is 2. The van der Waals surface area contributed by atoms with Gasteiger partial charge in [0.15, 0.2) is 6.10 Å². The first-order chi connectivity index (χ1) is 33.9. The second-order valence-electron chi connectivity index (χ2n) is 16.5. The summed E-state index contributed by atoms with van der Waals surface area (Å²) in [6.07, 6.45) is 32.1. The molecule has 0 amide bonds. The number of rotatable bonds is 38. The van der Waals surface area contributed by atoms with Gasteiger partial charge in [0.2, 0.25) is 0 Å². The number of carbonyl (C=O) groups is 2. The highest BCUT2D eigenvalue weighted by atomic mass is 31.2. The third kappa shape index (κ3) is 34.4. The number of hydrogen-bond acceptors (Lipinski definition) is 15. The Morgan fingerprint density at radius 1 is 0.535 bits per heavy atom. The molecule has 0 bridgehead atoms. The highest BCUT2D eigenvalue weighted by Gasteiger charge is 2.54. The van der Waals surface area contributed by atoms with E-state index in [9.17, 15) is 64.0 Å². The number of phosphoric acid groups is 2. The van der Waals surface area contributed by atoms with Crippen LogP contribution in [0, 0.1) is 0 Å². The van der Waals surface area contributed by atoms with Crippen molar-refractivity contribution in [3.8, 4) is 0 Å². The Morgan fingerprint density at radius 3 is 1.70 bits per heavy atom. The molecule has 0 heterocycles. The normalized spacial score (nSPS) is 22.8. The average Bonchev–Trinajstić information content (AvgIpc) is 3.32. The Bertz CT molecular complexity index is 1860. The summed E-state index contributed by atoms with van der Waals surface area (Å²) in [5.74, 6) is -1.43. The maximum atomic E-state index is 13.0. The predicted molar refractivity (Wildman–Crippen MR) is 271 cm³/mol. The zero-order chi connectivity index (χ0) is 52.8. The van der Waals surface area contributed by atoms with E-state index in [1.165, 1.54) is 0 Å². The van der Waals surface area contributed by atoms with Crippen LogP contribution in [0.25, 0.3) is 0 Å². The molecule has 71 heavy (non-hydrogen) atoms. The van der Waals surface area contributed by atoms with E-state index in [4.69, 9.17) is 18.5 Å². The zero-order valence-corrected chi connectivity index (χ0v) is 42.9. The molecule has 18 nitrogen and oxygen atoms in total. The van der Waals surface area contributed by atoms with Crippen molar-refractivity contribution in [2.45, 2.75) is 172 Å². The van der Waals surface area contributed by atoms with Crippen LogP contribution >= 0.6 is 15.6 Å². The van der Waals surface area contributed by atoms with Gasteiger partial charge in [-0.3, -0.25) is 23.2 Å². The number of allylic oxidation sites excluding steroid dienone is 16. The number of carbonyl (C=O) groups excluding carboxylic acids is 2. The summed E-state index contributed by atoms with van der Waals surface area (Å²) in [5.41, 5.74) is 0. The van der Waals surface area contributed by atoms with Gasteiger partial charge in [-0.2, -0.15) is 0 Å². The highest BCUT2D eigenvalue weighted by molar-refractivity contribution is 7.47. The zero-order valence-electron chi connectivity index (χ0n) is 41.1. The van der Waals surface area contributed by atoms with E-state index in [1.54, 1.807) is 42.5 Å². The first-order valence-electron chi connectivity index (χ1n) is 24.3. The van der Waals surface area contributed by atoms with E-state index in [-0.39, 0.29) is 12.8 Å². The van der Waals surface area contributed by atoms with E-state index >= 15 is 0 Å². The third-order valence-electron chi connectivity index (χ3n) is 10.2. The minimum absolute atomic E-state index is 0.0353. The van der Waals surface area contributed by atoms with Crippen LogP contribution in [-0.4, -0.2) is 125 Å². The van der Waals surface area contributed by atoms with Crippen molar-refractivity contribution in [3.63, 3.8) is 0 Å². The molecule has 9 N–H and O–H groups in total. The van der Waals surface area contributed by atoms with Crippen molar-refractivity contribution < 1.29 is 87.1 Å². The SMILES string of the molecule is CC/C=C\C/C=C\C/C=C\C/C=C\CCCCCCC(=O)O[C@H](COC(=O)CCC/C=C\[C@H](O)/C=C/C=C\C/C=C\C=C\[C@H](O)C/C=C\CC)COP(=O)(O)O[C@H]1C(O)C(O)C(O)[C@@H](OP(=O)(O)O)C1O. The fourth-order valence-corrected chi connectivity index (χ4v) is 8.00. The highest BCUT2D eigenvalue weighted by Crippen LogP contribution is 2.49. The molecule has 10 atom stereocenters. The predicted octanol–water partition coefficient (Wildman–Crippen LogP) is 7.44. The van der Waals surface area contributed by atoms with Crippen LogP contribution in [0.15, 0.2) is 122 Å². The van der Waals surface area contributed by atoms with Crippen molar-refractivity contribution in [1.82, 2.24) is 0 Å². The van der Waals surface area contributed by atoms with Crippen LogP contribution in [-0.2, 0) is 41.8 Å². The molecule has 1 aliphatic rings. The van der Waals surface area contributed by atoms with Crippen molar-refractivity contribution in [2.75, 3.05) is 13.2 Å². The van der Waals surface area contributed by atoms with Crippen LogP contribution in [0.5, 0.6) is 0 Å². The fraction of sp³-hybridized carbons (Fsp3) is 0.569. The Morgan fingerprint density at radius 2 is 1.07 bits per heavy atom. The van der Waals surface area contributed by atoms with Crippen molar-refractivity contribution in [1.29, 1.82) is 0 Å². The van der Waals surface area contributed by atoms with Gasteiger partial charge >= 0.3 is 27.6 Å². The molecule has 0 spiro atoms. The van der Waals surface area contributed by atoms with Crippen LogP contribution in [0.3, 0.4) is 0 Å². The lowest BCUT2D eigenvalue weighted by Crippen LogP contribution is -2.64. The summed E-state index contributed by atoms with van der Waals surface area (Å²) in [7, 11) is -10.8. The summed E-state index contributed by atoms with van der Waals surface area (Å²) in [4.78, 5) is 54.3. The molecule has 5 unspecified atom stereocenters. The summed E-state index contributed by atoms with van der Waals surface area (Å²) in [6.45, 7) is 2.61. The van der Waals surface area contributed by atoms with Gasteiger partial charge in [-0.25, -0.2) is 9.13 Å². The summed E-state index contributed by atoms with van der Waals surface area (Å²) < 4.78 is 49.2. The number of unbranched alkanes of at least 4 members (excludes halogenated alkanes) is 5. The maximum Gasteiger partial charge on any atom is 0.472 e. The van der Waals surface area contributed by atoms with Gasteiger partial charge in [0.1, 0.15) is 43.2 Å². The molecule has 0 saturated heterocycles. The summed E-state index contributed by atoms with van der Waals surface area (Å²) in [6, 6.07) is 0. The number of aliphatic hydroxyl groups is 6. The quantitative estimate of drug-likeness (QED) is 0.00954. The first-order valence-corrected chi connectivity index (χ1v) is 27.3. The molecule has 0 aromatic heterocycles. The topological polar surface area (TPSA) is 296 Å². The van der Waals surface area contributed by atoms with Crippen LogP contribution in [0.4, 0.5) is 0 Å². The van der Waals surface area contributed by atoms with Gasteiger partial charge in [0.25, 0.3) is 0 Å². The van der Waals surface area contributed by atoms with Crippen LogP contribution in [0.2, 0.25) is 0 Å². The lowest BCUT2D eigenvalue weighted by molar-refractivity contribution is -0.216. The Kier molecular flexibility index (Phi) is 36.6.